The highest BCUT2D eigenvalue weighted by molar-refractivity contribution is 7.92. The molecule has 1 atom stereocenters. The lowest BCUT2D eigenvalue weighted by Gasteiger charge is -2.32. The molecule has 0 aliphatic heterocycles. The molecule has 2 amide bonds. The zero-order chi connectivity index (χ0) is 27.0. The second-order valence-electron chi connectivity index (χ2n) is 8.43. The van der Waals surface area contributed by atoms with Crippen molar-refractivity contribution in [2.45, 2.75) is 46.2 Å². The molecule has 0 heterocycles. The maximum Gasteiger partial charge on any atom is 0.271 e. The Balaban J connectivity index is 2.46. The summed E-state index contributed by atoms with van der Waals surface area (Å²) >= 11 is 0. The summed E-state index contributed by atoms with van der Waals surface area (Å²) in [5, 5.41) is 14.0. The maximum absolute atomic E-state index is 14.4. The van der Waals surface area contributed by atoms with Crippen molar-refractivity contribution in [2.24, 2.45) is 0 Å². The van der Waals surface area contributed by atoms with Crippen LogP contribution < -0.4 is 9.62 Å². The molecule has 0 aromatic heterocycles. The number of amides is 2. The zero-order valence-electron chi connectivity index (χ0n) is 20.7. The average Bonchev–Trinajstić information content (AvgIpc) is 2.81. The molecule has 0 spiro atoms. The Morgan fingerprint density at radius 3 is 2.44 bits per heavy atom. The third-order valence-corrected chi connectivity index (χ3v) is 6.77. The molecule has 12 heteroatoms. The number of rotatable bonds is 12. The van der Waals surface area contributed by atoms with Gasteiger partial charge in [0, 0.05) is 30.8 Å². The lowest BCUT2D eigenvalue weighted by molar-refractivity contribution is -0.384. The van der Waals surface area contributed by atoms with E-state index >= 15 is 0 Å². The van der Waals surface area contributed by atoms with Gasteiger partial charge in [0.25, 0.3) is 5.69 Å². The highest BCUT2D eigenvalue weighted by atomic mass is 32.2. The number of carbonyl (C=O) groups is 2. The molecule has 0 saturated heterocycles. The Morgan fingerprint density at radius 2 is 1.86 bits per heavy atom. The number of benzene rings is 2. The van der Waals surface area contributed by atoms with Crippen LogP contribution in [0, 0.1) is 22.9 Å². The van der Waals surface area contributed by atoms with E-state index in [-0.39, 0.29) is 23.5 Å². The summed E-state index contributed by atoms with van der Waals surface area (Å²) < 4.78 is 40.5. The van der Waals surface area contributed by atoms with Gasteiger partial charge in [0.15, 0.2) is 0 Å². The standard InChI is InChI=1S/C24H31FN4O6S/c1-5-6-13-26-24(31)18(3)27(15-19-9-7-8-10-21(19)25)23(30)16-28(36(4,34)35)22-14-20(29(32)33)12-11-17(22)2/h7-12,14,18H,5-6,13,15-16H2,1-4H3,(H,26,31)/t18-/m0/s1. The average molecular weight is 523 g/mol. The minimum atomic E-state index is -4.07. The normalized spacial score (nSPS) is 12.0. The van der Waals surface area contributed by atoms with Crippen LogP contribution in [0.5, 0.6) is 0 Å². The van der Waals surface area contributed by atoms with E-state index in [0.29, 0.717) is 12.1 Å². The molecule has 2 rings (SSSR count). The van der Waals surface area contributed by atoms with Crippen molar-refractivity contribution >= 4 is 33.2 Å². The maximum atomic E-state index is 14.4. The van der Waals surface area contributed by atoms with E-state index in [9.17, 15) is 32.5 Å². The highest BCUT2D eigenvalue weighted by Gasteiger charge is 2.31. The molecule has 0 aliphatic carbocycles. The molecule has 2 aromatic carbocycles. The summed E-state index contributed by atoms with van der Waals surface area (Å²) in [6.45, 7) is 4.37. The lowest BCUT2D eigenvalue weighted by atomic mass is 10.1. The molecule has 10 nitrogen and oxygen atoms in total. The third-order valence-electron chi connectivity index (χ3n) is 5.65. The Bertz CT molecular complexity index is 1220. The van der Waals surface area contributed by atoms with Gasteiger partial charge in [0.2, 0.25) is 21.8 Å². The lowest BCUT2D eigenvalue weighted by Crippen LogP contribution is -2.51. The van der Waals surface area contributed by atoms with E-state index in [1.807, 2.05) is 6.92 Å². The van der Waals surface area contributed by atoms with Gasteiger partial charge < -0.3 is 10.2 Å². The Morgan fingerprint density at radius 1 is 1.19 bits per heavy atom. The van der Waals surface area contributed by atoms with Crippen molar-refractivity contribution in [3.8, 4) is 0 Å². The molecular weight excluding hydrogens is 491 g/mol. The van der Waals surface area contributed by atoms with Gasteiger partial charge in [-0.25, -0.2) is 12.8 Å². The smallest absolute Gasteiger partial charge is 0.271 e. The number of anilines is 1. The summed E-state index contributed by atoms with van der Waals surface area (Å²) in [6, 6.07) is 8.42. The number of nitrogens with one attached hydrogen (secondary N) is 1. The number of hydrogen-bond donors (Lipinski definition) is 1. The van der Waals surface area contributed by atoms with Crippen LogP contribution >= 0.6 is 0 Å². The van der Waals surface area contributed by atoms with Crippen molar-refractivity contribution in [1.29, 1.82) is 0 Å². The highest BCUT2D eigenvalue weighted by Crippen LogP contribution is 2.28. The van der Waals surface area contributed by atoms with Crippen molar-refractivity contribution in [3.05, 3.63) is 69.5 Å². The monoisotopic (exact) mass is 522 g/mol. The minimum absolute atomic E-state index is 0.0362. The zero-order valence-corrected chi connectivity index (χ0v) is 21.5. The number of nitro groups is 1. The number of nitro benzene ring substituents is 1. The van der Waals surface area contributed by atoms with E-state index in [0.717, 1.165) is 34.4 Å². The SMILES string of the molecule is CCCCNC(=O)[C@H](C)N(Cc1ccccc1F)C(=O)CN(c1cc([N+](=O)[O-])ccc1C)S(C)(=O)=O. The summed E-state index contributed by atoms with van der Waals surface area (Å²) in [4.78, 5) is 37.9. The number of hydrogen-bond acceptors (Lipinski definition) is 6. The van der Waals surface area contributed by atoms with Crippen LogP contribution in [-0.4, -0.2) is 55.4 Å². The fraction of sp³-hybridized carbons (Fsp3) is 0.417. The second-order valence-corrected chi connectivity index (χ2v) is 10.3. The van der Waals surface area contributed by atoms with Gasteiger partial charge in [-0.15, -0.1) is 0 Å². The van der Waals surface area contributed by atoms with Crippen molar-refractivity contribution in [3.63, 3.8) is 0 Å². The molecule has 0 saturated carbocycles. The van der Waals surface area contributed by atoms with E-state index < -0.39 is 45.2 Å². The Kier molecular flexibility index (Phi) is 9.91. The number of non-ortho nitro benzene ring substituents is 1. The van der Waals surface area contributed by atoms with Crippen molar-refractivity contribution in [1.82, 2.24) is 10.2 Å². The Hall–Kier alpha value is -3.54. The molecular formula is C24H31FN4O6S. The van der Waals surface area contributed by atoms with Crippen LogP contribution in [0.3, 0.4) is 0 Å². The van der Waals surface area contributed by atoms with Crippen LogP contribution in [0.1, 0.15) is 37.8 Å². The predicted octanol–water partition coefficient (Wildman–Crippen LogP) is 3.14. The first-order chi connectivity index (χ1) is 16.9. The van der Waals surface area contributed by atoms with Crippen LogP contribution in [-0.2, 0) is 26.2 Å². The fourth-order valence-electron chi connectivity index (χ4n) is 3.50. The van der Waals surface area contributed by atoms with Crippen molar-refractivity contribution in [2.75, 3.05) is 23.7 Å². The molecule has 0 aliphatic rings. The van der Waals surface area contributed by atoms with E-state index in [2.05, 4.69) is 5.32 Å². The number of unbranched alkanes of at least 4 members (excludes halogenated alkanes) is 1. The summed E-state index contributed by atoms with van der Waals surface area (Å²) in [5.41, 5.74) is 0.163. The summed E-state index contributed by atoms with van der Waals surface area (Å²) in [6.07, 6.45) is 2.45. The van der Waals surface area contributed by atoms with Gasteiger partial charge in [-0.1, -0.05) is 37.6 Å². The van der Waals surface area contributed by atoms with Crippen LogP contribution in [0.25, 0.3) is 0 Å². The van der Waals surface area contributed by atoms with Crippen LogP contribution in [0.2, 0.25) is 0 Å². The first kappa shape index (κ1) is 28.7. The molecule has 2 aromatic rings. The summed E-state index contributed by atoms with van der Waals surface area (Å²) in [7, 11) is -4.07. The van der Waals surface area contributed by atoms with Crippen LogP contribution in [0.4, 0.5) is 15.8 Å². The molecule has 0 fully saturated rings. The van der Waals surface area contributed by atoms with Gasteiger partial charge in [-0.2, -0.15) is 0 Å². The molecule has 0 bridgehead atoms. The second kappa shape index (κ2) is 12.4. The number of carbonyl (C=O) groups excluding carboxylic acids is 2. The largest absolute Gasteiger partial charge is 0.354 e. The number of sulfonamides is 1. The first-order valence-corrected chi connectivity index (χ1v) is 13.2. The minimum Gasteiger partial charge on any atom is -0.354 e. The first-order valence-electron chi connectivity index (χ1n) is 11.4. The number of aryl methyl sites for hydroxylation is 1. The molecule has 1 N–H and O–H groups in total. The quantitative estimate of drug-likeness (QED) is 0.259. The van der Waals surface area contributed by atoms with Gasteiger partial charge in [-0.05, 0) is 31.9 Å². The molecule has 196 valence electrons. The molecule has 36 heavy (non-hydrogen) atoms. The molecule has 0 unspecified atom stereocenters. The van der Waals surface area contributed by atoms with Crippen molar-refractivity contribution < 1.29 is 27.3 Å². The summed E-state index contributed by atoms with van der Waals surface area (Å²) in [5.74, 6) is -1.82. The fourth-order valence-corrected chi connectivity index (χ4v) is 4.40. The van der Waals surface area contributed by atoms with Gasteiger partial charge >= 0.3 is 0 Å². The van der Waals surface area contributed by atoms with E-state index in [1.54, 1.807) is 13.0 Å². The van der Waals surface area contributed by atoms with Gasteiger partial charge in [0.1, 0.15) is 18.4 Å². The van der Waals surface area contributed by atoms with E-state index in [1.165, 1.54) is 37.3 Å². The van der Waals surface area contributed by atoms with Crippen LogP contribution in [0.15, 0.2) is 42.5 Å². The van der Waals surface area contributed by atoms with E-state index in [4.69, 9.17) is 0 Å². The molecule has 0 radical (unpaired) electrons. The Labute approximate surface area is 210 Å². The number of nitrogens with zero attached hydrogens (tertiary/aromatic N) is 3. The third kappa shape index (κ3) is 7.48. The number of halogens is 1. The van der Waals surface area contributed by atoms with Gasteiger partial charge in [-0.3, -0.25) is 24.0 Å². The topological polar surface area (TPSA) is 130 Å². The van der Waals surface area contributed by atoms with Gasteiger partial charge in [0.05, 0.1) is 16.9 Å². The predicted molar refractivity (Wildman–Crippen MR) is 134 cm³/mol.